The molecular formula is C22H22N6O2S. The van der Waals surface area contributed by atoms with Crippen molar-refractivity contribution < 1.29 is 9.59 Å². The molecule has 0 saturated heterocycles. The molecule has 2 aromatic carbocycles. The number of aromatic nitrogens is 2. The van der Waals surface area contributed by atoms with Gasteiger partial charge in [-0.05, 0) is 30.2 Å². The molecule has 0 aliphatic heterocycles. The molecule has 0 bridgehead atoms. The second-order valence-corrected chi connectivity index (χ2v) is 7.90. The first kappa shape index (κ1) is 21.9. The lowest BCUT2D eigenvalue weighted by Crippen LogP contribution is -2.49. The second-order valence-electron chi connectivity index (χ2n) is 6.92. The third-order valence-corrected chi connectivity index (χ3v) is 5.62. The maximum Gasteiger partial charge on any atom is 0.319 e. The third-order valence-electron chi connectivity index (χ3n) is 4.73. The number of hydrogen-bond acceptors (Lipinski definition) is 6. The summed E-state index contributed by atoms with van der Waals surface area (Å²) in [5.41, 5.74) is 1.94. The molecule has 1 heterocycles. The molecule has 0 fully saturated rings. The maximum atomic E-state index is 12.9. The van der Waals surface area contributed by atoms with Crippen LogP contribution in [0.1, 0.15) is 25.8 Å². The van der Waals surface area contributed by atoms with Crippen molar-refractivity contribution >= 4 is 34.1 Å². The molecule has 0 aliphatic carbocycles. The number of amides is 3. The summed E-state index contributed by atoms with van der Waals surface area (Å²) in [6.45, 7) is 3.84. The average Bonchev–Trinajstić information content (AvgIpc) is 3.26. The summed E-state index contributed by atoms with van der Waals surface area (Å²) in [5.74, 6) is -0.465. The van der Waals surface area contributed by atoms with E-state index in [4.69, 9.17) is 5.26 Å². The first-order chi connectivity index (χ1) is 15.0. The Bertz CT molecular complexity index is 1080. The zero-order valence-electron chi connectivity index (χ0n) is 17.1. The summed E-state index contributed by atoms with van der Waals surface area (Å²) in [5, 5.41) is 26.3. The van der Waals surface area contributed by atoms with Gasteiger partial charge in [0, 0.05) is 11.3 Å². The van der Waals surface area contributed by atoms with Gasteiger partial charge < -0.3 is 10.6 Å². The zero-order valence-corrected chi connectivity index (χ0v) is 17.9. The molecule has 31 heavy (non-hydrogen) atoms. The average molecular weight is 435 g/mol. The van der Waals surface area contributed by atoms with Crippen LogP contribution in [0.25, 0.3) is 10.6 Å². The predicted molar refractivity (Wildman–Crippen MR) is 121 cm³/mol. The van der Waals surface area contributed by atoms with Crippen LogP contribution in [0.5, 0.6) is 0 Å². The van der Waals surface area contributed by atoms with Crippen molar-refractivity contribution in [2.45, 2.75) is 26.3 Å². The highest BCUT2D eigenvalue weighted by molar-refractivity contribution is 7.18. The molecule has 0 saturated carbocycles. The maximum absolute atomic E-state index is 12.9. The number of rotatable bonds is 7. The van der Waals surface area contributed by atoms with Crippen molar-refractivity contribution in [3.05, 3.63) is 60.2 Å². The minimum Gasteiger partial charge on any atom is -0.326 e. The van der Waals surface area contributed by atoms with Gasteiger partial charge in [0.1, 0.15) is 11.0 Å². The Labute approximate surface area is 184 Å². The number of nitrogens with zero attached hydrogens (tertiary/aromatic N) is 3. The van der Waals surface area contributed by atoms with Crippen molar-refractivity contribution in [1.82, 2.24) is 15.5 Å². The molecule has 3 N–H and O–H groups in total. The van der Waals surface area contributed by atoms with Gasteiger partial charge in [0.25, 0.3) is 0 Å². The SMILES string of the molecule is CCC(C)C(NC(=O)Nc1ccc(C#N)cc1)C(=O)Nc1nnc(-c2ccccc2)s1. The minimum absolute atomic E-state index is 0.103. The molecule has 1 aromatic heterocycles. The Hall–Kier alpha value is -3.77. The van der Waals surface area contributed by atoms with Crippen molar-refractivity contribution in [3.8, 4) is 16.6 Å². The van der Waals surface area contributed by atoms with Gasteiger partial charge in [0.05, 0.1) is 11.6 Å². The lowest BCUT2D eigenvalue weighted by atomic mass is 9.98. The molecule has 3 amide bonds. The first-order valence-electron chi connectivity index (χ1n) is 9.77. The number of benzene rings is 2. The van der Waals surface area contributed by atoms with Gasteiger partial charge in [-0.1, -0.05) is 61.9 Å². The van der Waals surface area contributed by atoms with Gasteiger partial charge >= 0.3 is 6.03 Å². The smallest absolute Gasteiger partial charge is 0.319 e. The van der Waals surface area contributed by atoms with Gasteiger partial charge in [-0.3, -0.25) is 10.1 Å². The van der Waals surface area contributed by atoms with E-state index in [0.717, 1.165) is 5.56 Å². The van der Waals surface area contributed by atoms with Crippen LogP contribution in [0.3, 0.4) is 0 Å². The first-order valence-corrected chi connectivity index (χ1v) is 10.6. The Kier molecular flexibility index (Phi) is 7.30. The number of nitriles is 1. The van der Waals surface area contributed by atoms with E-state index in [1.54, 1.807) is 24.3 Å². The van der Waals surface area contributed by atoms with E-state index in [9.17, 15) is 9.59 Å². The van der Waals surface area contributed by atoms with E-state index in [2.05, 4.69) is 26.1 Å². The highest BCUT2D eigenvalue weighted by atomic mass is 32.1. The molecular weight excluding hydrogens is 412 g/mol. The topological polar surface area (TPSA) is 120 Å². The van der Waals surface area contributed by atoms with E-state index in [1.165, 1.54) is 11.3 Å². The van der Waals surface area contributed by atoms with Crippen molar-refractivity contribution in [3.63, 3.8) is 0 Å². The van der Waals surface area contributed by atoms with Crippen molar-refractivity contribution in [1.29, 1.82) is 5.26 Å². The molecule has 2 unspecified atom stereocenters. The predicted octanol–water partition coefficient (Wildman–Crippen LogP) is 4.25. The van der Waals surface area contributed by atoms with Crippen LogP contribution in [0.2, 0.25) is 0 Å². The lowest BCUT2D eigenvalue weighted by Gasteiger charge is -2.23. The van der Waals surface area contributed by atoms with Gasteiger partial charge in [0.2, 0.25) is 11.0 Å². The van der Waals surface area contributed by atoms with Crippen molar-refractivity contribution in [2.24, 2.45) is 5.92 Å². The van der Waals surface area contributed by atoms with E-state index < -0.39 is 12.1 Å². The molecule has 158 valence electrons. The Morgan fingerprint density at radius 2 is 1.77 bits per heavy atom. The number of nitrogens with one attached hydrogen (secondary N) is 3. The second kappa shape index (κ2) is 10.3. The van der Waals surface area contributed by atoms with E-state index >= 15 is 0 Å². The Morgan fingerprint density at radius 3 is 2.42 bits per heavy atom. The van der Waals surface area contributed by atoms with Gasteiger partial charge in [-0.25, -0.2) is 4.79 Å². The van der Waals surface area contributed by atoms with Crippen LogP contribution in [-0.2, 0) is 4.79 Å². The van der Waals surface area contributed by atoms with Crippen LogP contribution >= 0.6 is 11.3 Å². The van der Waals surface area contributed by atoms with Gasteiger partial charge in [-0.15, -0.1) is 10.2 Å². The fraction of sp³-hybridized carbons (Fsp3) is 0.227. The summed E-state index contributed by atoms with van der Waals surface area (Å²) < 4.78 is 0. The van der Waals surface area contributed by atoms with Crippen LogP contribution < -0.4 is 16.0 Å². The summed E-state index contributed by atoms with van der Waals surface area (Å²) in [4.78, 5) is 25.3. The largest absolute Gasteiger partial charge is 0.326 e. The molecule has 0 aliphatic rings. The van der Waals surface area contributed by atoms with E-state index in [0.29, 0.717) is 27.8 Å². The quantitative estimate of drug-likeness (QED) is 0.513. The number of anilines is 2. The lowest BCUT2D eigenvalue weighted by molar-refractivity contribution is -0.119. The summed E-state index contributed by atoms with van der Waals surface area (Å²) >= 11 is 1.27. The van der Waals surface area contributed by atoms with Crippen LogP contribution in [0.15, 0.2) is 54.6 Å². The summed E-state index contributed by atoms with van der Waals surface area (Å²) in [7, 11) is 0. The number of hydrogen-bond donors (Lipinski definition) is 3. The minimum atomic E-state index is -0.757. The number of carbonyl (C=O) groups is 2. The standard InChI is InChI=1S/C22H22N6O2S/c1-3-14(2)18(25-21(30)24-17-11-9-15(13-23)10-12-17)19(29)26-22-28-27-20(31-22)16-7-5-4-6-8-16/h4-12,14,18H,3H2,1-2H3,(H2,24,25,30)(H,26,28,29). The fourth-order valence-corrected chi connectivity index (χ4v) is 3.54. The molecule has 0 spiro atoms. The van der Waals surface area contributed by atoms with E-state index in [-0.39, 0.29) is 11.8 Å². The molecule has 3 aromatic rings. The molecule has 8 nitrogen and oxygen atoms in total. The summed E-state index contributed by atoms with van der Waals surface area (Å²) in [6, 6.07) is 16.8. The van der Waals surface area contributed by atoms with Crippen molar-refractivity contribution in [2.75, 3.05) is 10.6 Å². The Morgan fingerprint density at radius 1 is 1.06 bits per heavy atom. The van der Waals surface area contributed by atoms with E-state index in [1.807, 2.05) is 50.2 Å². The molecule has 0 radical (unpaired) electrons. The summed E-state index contributed by atoms with van der Waals surface area (Å²) in [6.07, 6.45) is 0.695. The molecule has 3 rings (SSSR count). The fourth-order valence-electron chi connectivity index (χ4n) is 2.79. The van der Waals surface area contributed by atoms with Crippen LogP contribution in [0, 0.1) is 17.2 Å². The monoisotopic (exact) mass is 434 g/mol. The normalized spacial score (nSPS) is 12.3. The van der Waals surface area contributed by atoms with Crippen LogP contribution in [0.4, 0.5) is 15.6 Å². The van der Waals surface area contributed by atoms with Gasteiger partial charge in [0.15, 0.2) is 0 Å². The highest BCUT2D eigenvalue weighted by Gasteiger charge is 2.27. The van der Waals surface area contributed by atoms with Gasteiger partial charge in [-0.2, -0.15) is 5.26 Å². The molecule has 9 heteroatoms. The number of urea groups is 1. The zero-order chi connectivity index (χ0) is 22.2. The van der Waals surface area contributed by atoms with Crippen LogP contribution in [-0.4, -0.2) is 28.2 Å². The molecule has 2 atom stereocenters. The third kappa shape index (κ3) is 5.87. The Balaban J connectivity index is 1.65. The number of carbonyl (C=O) groups excluding carboxylic acids is 2. The highest BCUT2D eigenvalue weighted by Crippen LogP contribution is 2.26.